The third-order valence-electron chi connectivity index (χ3n) is 3.48. The number of nitrogens with zero attached hydrogens (tertiary/aromatic N) is 1. The fourth-order valence-corrected chi connectivity index (χ4v) is 2.55. The Hall–Kier alpha value is -1.26. The standard InChI is InChI=1S/C12H20N2O3/c1-11(2,3)17-10(16)14-6-8-5-12(8,7-14)9(15)13-4/h8H,5-7H2,1-4H3,(H,13,15)/t8?,12-/m1/s1. The van der Waals surface area contributed by atoms with E-state index in [1.54, 1.807) is 11.9 Å². The van der Waals surface area contributed by atoms with Crippen molar-refractivity contribution in [1.82, 2.24) is 10.2 Å². The first kappa shape index (κ1) is 12.2. The van der Waals surface area contributed by atoms with E-state index in [9.17, 15) is 9.59 Å². The molecule has 0 bridgehead atoms. The lowest BCUT2D eigenvalue weighted by molar-refractivity contribution is -0.125. The van der Waals surface area contributed by atoms with Crippen LogP contribution in [-0.4, -0.2) is 42.6 Å². The van der Waals surface area contributed by atoms with Gasteiger partial charge in [-0.05, 0) is 33.1 Å². The van der Waals surface area contributed by atoms with Crippen LogP contribution >= 0.6 is 0 Å². The molecule has 2 amide bonds. The van der Waals surface area contributed by atoms with Crippen LogP contribution in [0.4, 0.5) is 4.79 Å². The number of likely N-dealkylation sites (tertiary alicyclic amines) is 1. The number of hydrogen-bond donors (Lipinski definition) is 1. The van der Waals surface area contributed by atoms with Gasteiger partial charge in [0.15, 0.2) is 0 Å². The average Bonchev–Trinajstić information content (AvgIpc) is 2.78. The lowest BCUT2D eigenvalue weighted by Gasteiger charge is -2.26. The Morgan fingerprint density at radius 1 is 1.41 bits per heavy atom. The molecule has 5 nitrogen and oxygen atoms in total. The van der Waals surface area contributed by atoms with Gasteiger partial charge in [-0.15, -0.1) is 0 Å². The van der Waals surface area contributed by atoms with E-state index in [0.29, 0.717) is 19.0 Å². The molecule has 0 aromatic carbocycles. The third kappa shape index (κ3) is 2.10. The van der Waals surface area contributed by atoms with Gasteiger partial charge in [-0.1, -0.05) is 0 Å². The number of ether oxygens (including phenoxy) is 1. The maximum atomic E-state index is 11.9. The minimum atomic E-state index is -0.482. The second-order valence-electron chi connectivity index (χ2n) is 6.00. The predicted molar refractivity (Wildman–Crippen MR) is 62.4 cm³/mol. The van der Waals surface area contributed by atoms with E-state index in [-0.39, 0.29) is 17.4 Å². The zero-order valence-electron chi connectivity index (χ0n) is 10.9. The van der Waals surface area contributed by atoms with Gasteiger partial charge >= 0.3 is 6.09 Å². The van der Waals surface area contributed by atoms with Crippen molar-refractivity contribution in [3.63, 3.8) is 0 Å². The van der Waals surface area contributed by atoms with Crippen LogP contribution in [0.1, 0.15) is 27.2 Å². The smallest absolute Gasteiger partial charge is 0.410 e. The Bertz CT molecular complexity index is 361. The van der Waals surface area contributed by atoms with E-state index in [4.69, 9.17) is 4.74 Å². The Labute approximate surface area is 101 Å². The molecule has 5 heteroatoms. The summed E-state index contributed by atoms with van der Waals surface area (Å²) in [5, 5.41) is 2.68. The Balaban J connectivity index is 1.96. The summed E-state index contributed by atoms with van der Waals surface area (Å²) in [6.45, 7) is 6.66. The molecule has 1 aliphatic carbocycles. The molecule has 1 heterocycles. The molecule has 17 heavy (non-hydrogen) atoms. The monoisotopic (exact) mass is 240 g/mol. The molecule has 1 unspecified atom stereocenters. The molecular formula is C12H20N2O3. The van der Waals surface area contributed by atoms with Crippen molar-refractivity contribution in [2.75, 3.05) is 20.1 Å². The molecule has 2 aliphatic rings. The number of piperidine rings is 1. The van der Waals surface area contributed by atoms with Gasteiger partial charge in [0.25, 0.3) is 0 Å². The SMILES string of the molecule is CNC(=O)[C@@]12CC1CN(C(=O)OC(C)(C)C)C2. The summed E-state index contributed by atoms with van der Waals surface area (Å²) in [5.74, 6) is 0.364. The summed E-state index contributed by atoms with van der Waals surface area (Å²) in [4.78, 5) is 25.2. The van der Waals surface area contributed by atoms with Crippen LogP contribution in [0.15, 0.2) is 0 Å². The van der Waals surface area contributed by atoms with Crippen LogP contribution in [-0.2, 0) is 9.53 Å². The van der Waals surface area contributed by atoms with Crippen molar-refractivity contribution in [3.05, 3.63) is 0 Å². The van der Waals surface area contributed by atoms with E-state index in [1.807, 2.05) is 20.8 Å². The van der Waals surface area contributed by atoms with Crippen molar-refractivity contribution >= 4 is 12.0 Å². The zero-order valence-corrected chi connectivity index (χ0v) is 10.9. The predicted octanol–water partition coefficient (Wildman–Crippen LogP) is 0.989. The fraction of sp³-hybridized carbons (Fsp3) is 0.833. The van der Waals surface area contributed by atoms with Crippen molar-refractivity contribution in [2.24, 2.45) is 11.3 Å². The van der Waals surface area contributed by atoms with E-state index < -0.39 is 5.60 Å². The topological polar surface area (TPSA) is 58.6 Å². The van der Waals surface area contributed by atoms with Gasteiger partial charge in [0.1, 0.15) is 5.60 Å². The lowest BCUT2D eigenvalue weighted by Crippen LogP contribution is -2.40. The summed E-state index contributed by atoms with van der Waals surface area (Å²) in [6, 6.07) is 0. The van der Waals surface area contributed by atoms with Gasteiger partial charge in [-0.25, -0.2) is 4.79 Å². The highest BCUT2D eigenvalue weighted by atomic mass is 16.6. The number of hydrogen-bond acceptors (Lipinski definition) is 3. The van der Waals surface area contributed by atoms with Crippen molar-refractivity contribution in [3.8, 4) is 0 Å². The molecule has 2 atom stereocenters. The van der Waals surface area contributed by atoms with Gasteiger partial charge in [-0.2, -0.15) is 0 Å². The second kappa shape index (κ2) is 3.62. The largest absolute Gasteiger partial charge is 0.444 e. The van der Waals surface area contributed by atoms with Gasteiger partial charge in [0.05, 0.1) is 5.41 Å². The van der Waals surface area contributed by atoms with Crippen LogP contribution in [0.5, 0.6) is 0 Å². The molecule has 96 valence electrons. The maximum Gasteiger partial charge on any atom is 0.410 e. The molecule has 1 saturated carbocycles. The number of rotatable bonds is 1. The van der Waals surface area contributed by atoms with Crippen LogP contribution in [0.25, 0.3) is 0 Å². The summed E-state index contributed by atoms with van der Waals surface area (Å²) < 4.78 is 5.30. The maximum absolute atomic E-state index is 11.9. The lowest BCUT2D eigenvalue weighted by atomic mass is 10.1. The summed E-state index contributed by atoms with van der Waals surface area (Å²) in [7, 11) is 1.64. The van der Waals surface area contributed by atoms with E-state index in [1.165, 1.54) is 0 Å². The number of nitrogens with one attached hydrogen (secondary N) is 1. The highest BCUT2D eigenvalue weighted by molar-refractivity contribution is 5.87. The van der Waals surface area contributed by atoms with Crippen molar-refractivity contribution in [2.45, 2.75) is 32.8 Å². The number of carbonyl (C=O) groups excluding carboxylic acids is 2. The average molecular weight is 240 g/mol. The van der Waals surface area contributed by atoms with Crippen LogP contribution in [0, 0.1) is 11.3 Å². The molecule has 1 saturated heterocycles. The van der Waals surface area contributed by atoms with Gasteiger partial charge < -0.3 is 15.0 Å². The minimum Gasteiger partial charge on any atom is -0.444 e. The van der Waals surface area contributed by atoms with E-state index >= 15 is 0 Å². The van der Waals surface area contributed by atoms with Gasteiger partial charge in [-0.3, -0.25) is 4.79 Å². The van der Waals surface area contributed by atoms with Crippen molar-refractivity contribution < 1.29 is 14.3 Å². The quantitative estimate of drug-likeness (QED) is 0.743. The number of fused-ring (bicyclic) bond motifs is 1. The van der Waals surface area contributed by atoms with E-state index in [0.717, 1.165) is 6.42 Å². The number of amides is 2. The van der Waals surface area contributed by atoms with Gasteiger partial charge in [0.2, 0.25) is 5.91 Å². The second-order valence-corrected chi connectivity index (χ2v) is 6.00. The molecule has 0 aromatic rings. The molecule has 1 aliphatic heterocycles. The van der Waals surface area contributed by atoms with Crippen LogP contribution < -0.4 is 5.32 Å². The van der Waals surface area contributed by atoms with Crippen LogP contribution in [0.3, 0.4) is 0 Å². The normalized spacial score (nSPS) is 30.8. The Morgan fingerprint density at radius 3 is 2.59 bits per heavy atom. The number of carbonyl (C=O) groups is 2. The minimum absolute atomic E-state index is 0.0496. The van der Waals surface area contributed by atoms with Gasteiger partial charge in [0, 0.05) is 20.1 Å². The highest BCUT2D eigenvalue weighted by Gasteiger charge is 2.65. The first-order valence-electron chi connectivity index (χ1n) is 5.98. The Morgan fingerprint density at radius 2 is 2.06 bits per heavy atom. The summed E-state index contributed by atoms with van der Waals surface area (Å²) in [6.07, 6.45) is 0.583. The molecule has 0 radical (unpaired) electrons. The molecule has 0 spiro atoms. The molecule has 2 rings (SSSR count). The Kier molecular flexibility index (Phi) is 2.60. The first-order valence-corrected chi connectivity index (χ1v) is 5.98. The summed E-state index contributed by atoms with van der Waals surface area (Å²) in [5.41, 5.74) is -0.810. The molecular weight excluding hydrogens is 220 g/mol. The molecule has 0 aromatic heterocycles. The highest BCUT2D eigenvalue weighted by Crippen LogP contribution is 2.57. The first-order chi connectivity index (χ1) is 7.78. The van der Waals surface area contributed by atoms with E-state index in [2.05, 4.69) is 5.32 Å². The fourth-order valence-electron chi connectivity index (χ4n) is 2.55. The molecule has 1 N–H and O–H groups in total. The summed E-state index contributed by atoms with van der Waals surface area (Å²) >= 11 is 0. The third-order valence-corrected chi connectivity index (χ3v) is 3.48. The zero-order chi connectivity index (χ0) is 12.8. The van der Waals surface area contributed by atoms with Crippen molar-refractivity contribution in [1.29, 1.82) is 0 Å². The van der Waals surface area contributed by atoms with Crippen LogP contribution in [0.2, 0.25) is 0 Å². The molecule has 2 fully saturated rings.